The number of benzene rings is 1. The molecule has 1 heterocycles. The molecule has 0 bridgehead atoms. The first-order valence-corrected chi connectivity index (χ1v) is 7.39. The summed E-state index contributed by atoms with van der Waals surface area (Å²) in [6.45, 7) is 4.66. The molecule has 0 aromatic heterocycles. The Kier molecular flexibility index (Phi) is 3.35. The number of ether oxygens (including phenoxy) is 1. The summed E-state index contributed by atoms with van der Waals surface area (Å²) < 4.78 is 28.6. The molecule has 0 radical (unpaired) electrons. The van der Waals surface area contributed by atoms with Crippen molar-refractivity contribution < 1.29 is 13.2 Å². The summed E-state index contributed by atoms with van der Waals surface area (Å²) in [4.78, 5) is 0.116. The molecule has 2 unspecified atom stereocenters. The quantitative estimate of drug-likeness (QED) is 0.867. The molecule has 0 saturated carbocycles. The van der Waals surface area contributed by atoms with Gasteiger partial charge in [-0.2, -0.15) is 0 Å². The van der Waals surface area contributed by atoms with Crippen LogP contribution >= 0.6 is 0 Å². The topological polar surface area (TPSA) is 81.4 Å². The van der Waals surface area contributed by atoms with Gasteiger partial charge in [0.15, 0.2) is 0 Å². The Bertz CT molecular complexity index is 544. The first-order valence-electron chi connectivity index (χ1n) is 5.84. The highest BCUT2D eigenvalue weighted by molar-refractivity contribution is 7.89. The van der Waals surface area contributed by atoms with Gasteiger partial charge in [-0.25, -0.2) is 13.6 Å². The van der Waals surface area contributed by atoms with Gasteiger partial charge < -0.3 is 10.1 Å². The average Bonchev–Trinajstić information content (AvgIpc) is 2.58. The third-order valence-corrected chi connectivity index (χ3v) is 4.47. The lowest BCUT2D eigenvalue weighted by Crippen LogP contribution is -2.41. The van der Waals surface area contributed by atoms with E-state index in [-0.39, 0.29) is 16.5 Å². The Labute approximate surface area is 107 Å². The van der Waals surface area contributed by atoms with Gasteiger partial charge in [0.25, 0.3) is 0 Å². The predicted molar refractivity (Wildman–Crippen MR) is 69.9 cm³/mol. The molecule has 1 aliphatic heterocycles. The number of hydrogen-bond acceptors (Lipinski definition) is 4. The monoisotopic (exact) mass is 270 g/mol. The second-order valence-corrected chi connectivity index (χ2v) is 6.38. The molecule has 3 N–H and O–H groups in total. The zero-order chi connectivity index (χ0) is 13.4. The molecule has 0 aliphatic carbocycles. The summed E-state index contributed by atoms with van der Waals surface area (Å²) in [5.74, 6) is 0. The second kappa shape index (κ2) is 4.53. The number of anilines is 1. The van der Waals surface area contributed by atoms with Gasteiger partial charge in [-0.1, -0.05) is 12.1 Å². The van der Waals surface area contributed by atoms with Gasteiger partial charge in [0.05, 0.1) is 17.3 Å². The van der Waals surface area contributed by atoms with E-state index in [2.05, 4.69) is 5.32 Å². The van der Waals surface area contributed by atoms with Crippen molar-refractivity contribution in [3.8, 4) is 0 Å². The first-order chi connectivity index (χ1) is 8.33. The number of primary sulfonamides is 1. The van der Waals surface area contributed by atoms with E-state index in [1.807, 2.05) is 13.8 Å². The number of sulfonamides is 1. The highest BCUT2D eigenvalue weighted by Gasteiger charge is 2.37. The maximum Gasteiger partial charge on any atom is 0.240 e. The molecule has 2 atom stereocenters. The van der Waals surface area contributed by atoms with Crippen LogP contribution < -0.4 is 10.5 Å². The van der Waals surface area contributed by atoms with Crippen molar-refractivity contribution in [1.29, 1.82) is 0 Å². The van der Waals surface area contributed by atoms with Crippen molar-refractivity contribution in [3.05, 3.63) is 24.3 Å². The van der Waals surface area contributed by atoms with Gasteiger partial charge >= 0.3 is 0 Å². The maximum atomic E-state index is 11.5. The largest absolute Gasteiger partial charge is 0.376 e. The summed E-state index contributed by atoms with van der Waals surface area (Å²) in [6.07, 6.45) is 0.846. The lowest BCUT2D eigenvalue weighted by molar-refractivity contribution is 0.105. The minimum absolute atomic E-state index is 0.0195. The van der Waals surface area contributed by atoms with Crippen LogP contribution in [-0.2, 0) is 14.8 Å². The summed E-state index contributed by atoms with van der Waals surface area (Å²) in [7, 11) is -3.72. The molecule has 1 aromatic rings. The molecule has 100 valence electrons. The summed E-state index contributed by atoms with van der Waals surface area (Å²) >= 11 is 0. The molecule has 18 heavy (non-hydrogen) atoms. The van der Waals surface area contributed by atoms with Gasteiger partial charge in [-0.05, 0) is 32.4 Å². The van der Waals surface area contributed by atoms with Crippen LogP contribution in [0.15, 0.2) is 29.2 Å². The zero-order valence-electron chi connectivity index (χ0n) is 10.5. The minimum Gasteiger partial charge on any atom is -0.376 e. The highest BCUT2D eigenvalue weighted by atomic mass is 32.2. The molecule has 6 heteroatoms. The molecule has 1 fully saturated rings. The molecule has 5 nitrogen and oxygen atoms in total. The standard InChI is InChI=1S/C12H18N2O3S/c1-9-12(2,7-8-17-9)14-10-5-3-4-6-11(10)18(13,15)16/h3-6,9,14H,7-8H2,1-2H3,(H2,13,15,16). The predicted octanol–water partition coefficient (Wildman–Crippen LogP) is 1.31. The zero-order valence-corrected chi connectivity index (χ0v) is 11.3. The Morgan fingerprint density at radius 1 is 1.44 bits per heavy atom. The number of nitrogens with two attached hydrogens (primary N) is 1. The van der Waals surface area contributed by atoms with Crippen LogP contribution in [0.5, 0.6) is 0 Å². The van der Waals surface area contributed by atoms with Gasteiger partial charge in [0, 0.05) is 6.61 Å². The van der Waals surface area contributed by atoms with Crippen molar-refractivity contribution >= 4 is 15.7 Å². The summed E-state index contributed by atoms with van der Waals surface area (Å²) in [5.41, 5.74) is 0.251. The van der Waals surface area contributed by atoms with Crippen molar-refractivity contribution in [2.45, 2.75) is 36.8 Å². The van der Waals surface area contributed by atoms with E-state index in [9.17, 15) is 8.42 Å². The van der Waals surface area contributed by atoms with Gasteiger partial charge in [-0.3, -0.25) is 0 Å². The molecule has 1 aliphatic rings. The summed E-state index contributed by atoms with van der Waals surface area (Å²) in [5, 5.41) is 8.47. The molecule has 2 rings (SSSR count). The maximum absolute atomic E-state index is 11.5. The van der Waals surface area contributed by atoms with E-state index in [0.717, 1.165) is 6.42 Å². The highest BCUT2D eigenvalue weighted by Crippen LogP contribution is 2.31. The summed E-state index contributed by atoms with van der Waals surface area (Å²) in [6, 6.07) is 6.65. The van der Waals surface area contributed by atoms with Gasteiger partial charge in [-0.15, -0.1) is 0 Å². The molecular weight excluding hydrogens is 252 g/mol. The number of hydrogen-bond donors (Lipinski definition) is 2. The van der Waals surface area contributed by atoms with E-state index in [1.165, 1.54) is 6.07 Å². The van der Waals surface area contributed by atoms with Crippen LogP contribution in [0.3, 0.4) is 0 Å². The molecule has 1 aromatic carbocycles. The third kappa shape index (κ3) is 2.50. The Hall–Kier alpha value is -1.11. The van der Waals surface area contributed by atoms with E-state index in [1.54, 1.807) is 18.2 Å². The SMILES string of the molecule is CC1OCCC1(C)Nc1ccccc1S(N)(=O)=O. The van der Waals surface area contributed by atoms with Gasteiger partial charge in [0.1, 0.15) is 4.90 Å². The van der Waals surface area contributed by atoms with Crippen LogP contribution in [0.2, 0.25) is 0 Å². The fourth-order valence-electron chi connectivity index (χ4n) is 2.12. The normalized spacial score (nSPS) is 28.3. The molecule has 0 amide bonds. The Morgan fingerprint density at radius 2 is 2.11 bits per heavy atom. The second-order valence-electron chi connectivity index (χ2n) is 4.85. The minimum atomic E-state index is -3.72. The van der Waals surface area contributed by atoms with Crippen molar-refractivity contribution in [2.75, 3.05) is 11.9 Å². The van der Waals surface area contributed by atoms with Crippen molar-refractivity contribution in [2.24, 2.45) is 5.14 Å². The average molecular weight is 270 g/mol. The van der Waals surface area contributed by atoms with E-state index in [4.69, 9.17) is 9.88 Å². The van der Waals surface area contributed by atoms with Gasteiger partial charge in [0.2, 0.25) is 10.0 Å². The van der Waals surface area contributed by atoms with Crippen molar-refractivity contribution in [3.63, 3.8) is 0 Å². The fourth-order valence-corrected chi connectivity index (χ4v) is 2.82. The van der Waals surface area contributed by atoms with Crippen molar-refractivity contribution in [1.82, 2.24) is 0 Å². The molecule has 0 spiro atoms. The number of nitrogens with one attached hydrogen (secondary N) is 1. The Morgan fingerprint density at radius 3 is 2.67 bits per heavy atom. The van der Waals surface area contributed by atoms with E-state index in [0.29, 0.717) is 12.3 Å². The fraction of sp³-hybridized carbons (Fsp3) is 0.500. The van der Waals surface area contributed by atoms with Crippen LogP contribution in [0, 0.1) is 0 Å². The van der Waals surface area contributed by atoms with E-state index < -0.39 is 10.0 Å². The molecule has 1 saturated heterocycles. The smallest absolute Gasteiger partial charge is 0.240 e. The Balaban J connectivity index is 2.36. The first kappa shape index (κ1) is 13.3. The van der Waals surface area contributed by atoms with Crippen LogP contribution in [0.1, 0.15) is 20.3 Å². The lowest BCUT2D eigenvalue weighted by Gasteiger charge is -2.30. The van der Waals surface area contributed by atoms with Crippen LogP contribution in [-0.4, -0.2) is 26.7 Å². The van der Waals surface area contributed by atoms with E-state index >= 15 is 0 Å². The molecular formula is C12H18N2O3S. The lowest BCUT2D eigenvalue weighted by atomic mass is 9.94. The number of rotatable bonds is 3. The van der Waals surface area contributed by atoms with Crippen LogP contribution in [0.4, 0.5) is 5.69 Å². The van der Waals surface area contributed by atoms with Crippen LogP contribution in [0.25, 0.3) is 0 Å². The number of para-hydroxylation sites is 1. The third-order valence-electron chi connectivity index (χ3n) is 3.50.